The monoisotopic (exact) mass is 288 g/mol. The molecular weight excluding hydrogens is 264 g/mol. The quantitative estimate of drug-likeness (QED) is 0.864. The normalized spacial score (nSPS) is 21.0. The van der Waals surface area contributed by atoms with Crippen molar-refractivity contribution in [2.75, 3.05) is 6.54 Å². The molecule has 114 valence electrons. The molecule has 2 rings (SSSR count). The van der Waals surface area contributed by atoms with Gasteiger partial charge < -0.3 is 5.73 Å². The van der Waals surface area contributed by atoms with Crippen LogP contribution in [0.1, 0.15) is 47.7 Å². The standard InChI is InChI=1S/C17H24N2O2/c1-11-7-8-14(10-12(11)2)16(20)13(3)19-9-5-4-6-15(19)17(18)21/h7-8,10,13,15H,4-6,9H2,1-3H3,(H2,18,21). The number of Topliss-reactive ketones (excluding diaryl/α,β-unsaturated/α-hetero) is 1. The Kier molecular flexibility index (Phi) is 4.78. The number of nitrogens with zero attached hydrogens (tertiary/aromatic N) is 1. The Balaban J connectivity index is 2.20. The van der Waals surface area contributed by atoms with Crippen LogP contribution in [0.5, 0.6) is 0 Å². The van der Waals surface area contributed by atoms with Crippen LogP contribution in [0.15, 0.2) is 18.2 Å². The Morgan fingerprint density at radius 1 is 1.24 bits per heavy atom. The maximum Gasteiger partial charge on any atom is 0.234 e. The van der Waals surface area contributed by atoms with Crippen LogP contribution in [0.25, 0.3) is 0 Å². The summed E-state index contributed by atoms with van der Waals surface area (Å²) in [6.45, 7) is 6.66. The Morgan fingerprint density at radius 2 is 1.95 bits per heavy atom. The van der Waals surface area contributed by atoms with Crippen LogP contribution in [0.4, 0.5) is 0 Å². The molecule has 4 nitrogen and oxygen atoms in total. The fourth-order valence-corrected chi connectivity index (χ4v) is 3.01. The van der Waals surface area contributed by atoms with Crippen LogP contribution in [0.3, 0.4) is 0 Å². The summed E-state index contributed by atoms with van der Waals surface area (Å²) >= 11 is 0. The van der Waals surface area contributed by atoms with Crippen LogP contribution >= 0.6 is 0 Å². The first-order valence-electron chi connectivity index (χ1n) is 7.58. The number of carbonyl (C=O) groups excluding carboxylic acids is 2. The summed E-state index contributed by atoms with van der Waals surface area (Å²) < 4.78 is 0. The highest BCUT2D eigenvalue weighted by Gasteiger charge is 2.33. The van der Waals surface area contributed by atoms with Gasteiger partial charge in [0.05, 0.1) is 12.1 Å². The highest BCUT2D eigenvalue weighted by molar-refractivity contribution is 6.00. The van der Waals surface area contributed by atoms with E-state index in [1.807, 2.05) is 43.9 Å². The van der Waals surface area contributed by atoms with Gasteiger partial charge in [-0.2, -0.15) is 0 Å². The largest absolute Gasteiger partial charge is 0.368 e. The third-order valence-electron chi connectivity index (χ3n) is 4.54. The molecule has 2 N–H and O–H groups in total. The minimum Gasteiger partial charge on any atom is -0.368 e. The fraction of sp³-hybridized carbons (Fsp3) is 0.529. The number of aryl methyl sites for hydroxylation is 2. The predicted octanol–water partition coefficient (Wildman–Crippen LogP) is 2.21. The number of ketones is 1. The van der Waals surface area contributed by atoms with Crippen molar-refractivity contribution in [3.8, 4) is 0 Å². The van der Waals surface area contributed by atoms with Crippen molar-refractivity contribution in [2.24, 2.45) is 5.73 Å². The van der Waals surface area contributed by atoms with E-state index in [4.69, 9.17) is 5.73 Å². The second-order valence-electron chi connectivity index (χ2n) is 5.99. The minimum atomic E-state index is -0.325. The number of carbonyl (C=O) groups is 2. The third kappa shape index (κ3) is 3.32. The molecule has 1 amide bonds. The molecule has 1 aliphatic heterocycles. The zero-order valence-electron chi connectivity index (χ0n) is 13.1. The van der Waals surface area contributed by atoms with E-state index in [-0.39, 0.29) is 23.8 Å². The van der Waals surface area contributed by atoms with Crippen LogP contribution in [0, 0.1) is 13.8 Å². The van der Waals surface area contributed by atoms with Gasteiger partial charge in [0, 0.05) is 5.56 Å². The van der Waals surface area contributed by atoms with Crippen molar-refractivity contribution in [3.05, 3.63) is 34.9 Å². The molecule has 1 fully saturated rings. The van der Waals surface area contributed by atoms with Crippen LogP contribution < -0.4 is 5.73 Å². The van der Waals surface area contributed by atoms with Crippen LogP contribution in [-0.4, -0.2) is 35.2 Å². The SMILES string of the molecule is Cc1ccc(C(=O)C(C)N2CCCCC2C(N)=O)cc1C. The maximum absolute atomic E-state index is 12.7. The maximum atomic E-state index is 12.7. The molecule has 1 aromatic carbocycles. The number of likely N-dealkylation sites (tertiary alicyclic amines) is 1. The summed E-state index contributed by atoms with van der Waals surface area (Å²) in [6, 6.07) is 5.13. The molecule has 1 aliphatic rings. The molecule has 0 aromatic heterocycles. The van der Waals surface area contributed by atoms with E-state index in [1.165, 1.54) is 5.56 Å². The van der Waals surface area contributed by atoms with Crippen molar-refractivity contribution in [2.45, 2.75) is 52.1 Å². The minimum absolute atomic E-state index is 0.0613. The molecule has 21 heavy (non-hydrogen) atoms. The van der Waals surface area contributed by atoms with Gasteiger partial charge in [0.15, 0.2) is 5.78 Å². The Bertz CT molecular complexity index is 554. The molecule has 1 heterocycles. The average Bonchev–Trinajstić information content (AvgIpc) is 2.48. The summed E-state index contributed by atoms with van der Waals surface area (Å²) in [6.07, 6.45) is 2.75. The first-order valence-corrected chi connectivity index (χ1v) is 7.58. The Morgan fingerprint density at radius 3 is 2.57 bits per heavy atom. The van der Waals surface area contributed by atoms with Gasteiger partial charge in [0.25, 0.3) is 0 Å². The molecule has 0 bridgehead atoms. The lowest BCUT2D eigenvalue weighted by Gasteiger charge is -2.37. The number of amides is 1. The topological polar surface area (TPSA) is 63.4 Å². The summed E-state index contributed by atoms with van der Waals surface area (Å²) in [5, 5.41) is 0. The molecule has 2 atom stereocenters. The molecule has 0 saturated carbocycles. The molecule has 1 saturated heterocycles. The Hall–Kier alpha value is -1.68. The number of nitrogens with two attached hydrogens (primary N) is 1. The first kappa shape index (κ1) is 15.7. The highest BCUT2D eigenvalue weighted by Crippen LogP contribution is 2.22. The van der Waals surface area contributed by atoms with Crippen LogP contribution in [-0.2, 0) is 4.79 Å². The number of piperidine rings is 1. The number of rotatable bonds is 4. The van der Waals surface area contributed by atoms with E-state index in [0.29, 0.717) is 5.56 Å². The molecular formula is C17H24N2O2. The number of primary amides is 1. The lowest BCUT2D eigenvalue weighted by atomic mass is 9.95. The highest BCUT2D eigenvalue weighted by atomic mass is 16.1. The van der Waals surface area contributed by atoms with E-state index in [0.717, 1.165) is 31.4 Å². The van der Waals surface area contributed by atoms with Gasteiger partial charge in [-0.1, -0.05) is 18.6 Å². The second kappa shape index (κ2) is 6.39. The predicted molar refractivity (Wildman–Crippen MR) is 83.2 cm³/mol. The molecule has 0 spiro atoms. The van der Waals surface area contributed by atoms with Crippen molar-refractivity contribution in [1.29, 1.82) is 0 Å². The van der Waals surface area contributed by atoms with Crippen molar-refractivity contribution >= 4 is 11.7 Å². The third-order valence-corrected chi connectivity index (χ3v) is 4.54. The van der Waals surface area contributed by atoms with E-state index < -0.39 is 0 Å². The van der Waals surface area contributed by atoms with Crippen molar-refractivity contribution in [3.63, 3.8) is 0 Å². The number of hydrogen-bond donors (Lipinski definition) is 1. The number of benzene rings is 1. The zero-order valence-corrected chi connectivity index (χ0v) is 13.1. The van der Waals surface area contributed by atoms with Crippen LogP contribution in [0.2, 0.25) is 0 Å². The molecule has 1 aromatic rings. The van der Waals surface area contributed by atoms with Crippen molar-refractivity contribution < 1.29 is 9.59 Å². The van der Waals surface area contributed by atoms with Gasteiger partial charge in [-0.3, -0.25) is 14.5 Å². The van der Waals surface area contributed by atoms with Crippen molar-refractivity contribution in [1.82, 2.24) is 4.90 Å². The van der Waals surface area contributed by atoms with E-state index in [2.05, 4.69) is 0 Å². The summed E-state index contributed by atoms with van der Waals surface area (Å²) in [5.74, 6) is -0.263. The molecule has 2 unspecified atom stereocenters. The zero-order chi connectivity index (χ0) is 15.6. The smallest absolute Gasteiger partial charge is 0.234 e. The van der Waals surface area contributed by atoms with E-state index in [9.17, 15) is 9.59 Å². The summed E-state index contributed by atoms with van der Waals surface area (Å²) in [5.41, 5.74) is 8.48. The molecule has 0 radical (unpaired) electrons. The van der Waals surface area contributed by atoms with Gasteiger partial charge in [0.2, 0.25) is 5.91 Å². The average molecular weight is 288 g/mol. The first-order chi connectivity index (χ1) is 9.91. The lowest BCUT2D eigenvalue weighted by molar-refractivity contribution is -0.124. The second-order valence-corrected chi connectivity index (χ2v) is 5.99. The number of hydrogen-bond acceptors (Lipinski definition) is 3. The summed E-state index contributed by atoms with van der Waals surface area (Å²) in [4.78, 5) is 26.2. The van der Waals surface area contributed by atoms with E-state index in [1.54, 1.807) is 0 Å². The fourth-order valence-electron chi connectivity index (χ4n) is 3.01. The Labute approximate surface area is 126 Å². The van der Waals surface area contributed by atoms with Gasteiger partial charge in [-0.25, -0.2) is 0 Å². The molecule has 0 aliphatic carbocycles. The van der Waals surface area contributed by atoms with Gasteiger partial charge in [-0.05, 0) is 57.4 Å². The van der Waals surface area contributed by atoms with Gasteiger partial charge in [-0.15, -0.1) is 0 Å². The van der Waals surface area contributed by atoms with Gasteiger partial charge in [0.1, 0.15) is 0 Å². The van der Waals surface area contributed by atoms with Gasteiger partial charge >= 0.3 is 0 Å². The lowest BCUT2D eigenvalue weighted by Crippen LogP contribution is -2.53. The molecule has 4 heteroatoms. The summed E-state index contributed by atoms with van der Waals surface area (Å²) in [7, 11) is 0. The van der Waals surface area contributed by atoms with E-state index >= 15 is 0 Å².